The van der Waals surface area contributed by atoms with Crippen LogP contribution in [0.5, 0.6) is 0 Å². The summed E-state index contributed by atoms with van der Waals surface area (Å²) in [5.74, 6) is -0.635. The number of imide groups is 1. The monoisotopic (exact) mass is 355 g/mol. The van der Waals surface area contributed by atoms with Crippen LogP contribution < -0.4 is 10.6 Å². The van der Waals surface area contributed by atoms with Gasteiger partial charge < -0.3 is 10.6 Å². The van der Waals surface area contributed by atoms with Crippen LogP contribution in [0.3, 0.4) is 0 Å². The second-order valence-corrected chi connectivity index (χ2v) is 7.55. The van der Waals surface area contributed by atoms with Crippen LogP contribution >= 0.6 is 0 Å². The molecule has 1 atom stereocenters. The molecule has 2 fully saturated rings. The van der Waals surface area contributed by atoms with E-state index in [9.17, 15) is 14.4 Å². The fraction of sp³-hybridized carbons (Fsp3) is 0.550. The molecule has 1 saturated carbocycles. The van der Waals surface area contributed by atoms with Crippen molar-refractivity contribution >= 4 is 17.7 Å². The lowest BCUT2D eigenvalue weighted by atomic mass is 9.94. The van der Waals surface area contributed by atoms with E-state index in [-0.39, 0.29) is 29.8 Å². The van der Waals surface area contributed by atoms with Gasteiger partial charge in [0.15, 0.2) is 0 Å². The van der Waals surface area contributed by atoms with Gasteiger partial charge in [0.05, 0.1) is 11.1 Å². The number of carbonyl (C=O) groups excluding carboxylic acids is 3. The molecule has 26 heavy (non-hydrogen) atoms. The predicted octanol–water partition coefficient (Wildman–Crippen LogP) is 2.10. The maximum absolute atomic E-state index is 12.8. The first-order valence-corrected chi connectivity index (χ1v) is 9.68. The Hall–Kier alpha value is -2.21. The van der Waals surface area contributed by atoms with E-state index in [1.54, 1.807) is 18.2 Å². The average Bonchev–Trinajstić information content (AvgIpc) is 2.93. The summed E-state index contributed by atoms with van der Waals surface area (Å²) >= 11 is 0. The molecule has 0 unspecified atom stereocenters. The Balaban J connectivity index is 1.52. The molecule has 0 aromatic heterocycles. The van der Waals surface area contributed by atoms with Crippen LogP contribution in [0.15, 0.2) is 18.2 Å². The number of hydrogen-bond acceptors (Lipinski definition) is 4. The third-order valence-electron chi connectivity index (χ3n) is 5.75. The van der Waals surface area contributed by atoms with E-state index in [2.05, 4.69) is 10.6 Å². The van der Waals surface area contributed by atoms with Crippen molar-refractivity contribution in [2.45, 2.75) is 57.0 Å². The minimum atomic E-state index is -0.245. The second kappa shape index (κ2) is 7.19. The number of amides is 3. The van der Waals surface area contributed by atoms with Crippen molar-refractivity contribution in [1.82, 2.24) is 15.5 Å². The highest BCUT2D eigenvalue weighted by atomic mass is 16.2. The molecule has 1 aromatic carbocycles. The van der Waals surface area contributed by atoms with Gasteiger partial charge in [-0.3, -0.25) is 19.3 Å². The Morgan fingerprint density at radius 1 is 1.00 bits per heavy atom. The van der Waals surface area contributed by atoms with Crippen LogP contribution in [-0.2, 0) is 0 Å². The lowest BCUT2D eigenvalue weighted by molar-refractivity contribution is 0.0549. The molecule has 2 N–H and O–H groups in total. The number of nitrogens with one attached hydrogen (secondary N) is 2. The Kier molecular flexibility index (Phi) is 4.76. The van der Waals surface area contributed by atoms with Crippen LogP contribution in [0.25, 0.3) is 0 Å². The zero-order valence-corrected chi connectivity index (χ0v) is 14.9. The van der Waals surface area contributed by atoms with Crippen LogP contribution in [-0.4, -0.2) is 47.8 Å². The molecule has 0 spiro atoms. The Morgan fingerprint density at radius 2 is 1.77 bits per heavy atom. The molecule has 0 radical (unpaired) electrons. The van der Waals surface area contributed by atoms with Crippen molar-refractivity contribution in [2.75, 3.05) is 13.1 Å². The second-order valence-electron chi connectivity index (χ2n) is 7.55. The molecule has 2 aliphatic heterocycles. The number of nitrogens with zero attached hydrogens (tertiary/aromatic N) is 1. The zero-order valence-electron chi connectivity index (χ0n) is 14.9. The standard InChI is InChI=1S/C20H25N3O3/c24-18(22-14-5-4-10-21-12-14)13-8-9-16-17(11-13)20(26)23(19(16)25)15-6-2-1-3-7-15/h8-9,11,14-15,21H,1-7,10,12H2,(H,22,24)/t14-/m0/s1. The van der Waals surface area contributed by atoms with Gasteiger partial charge in [-0.2, -0.15) is 0 Å². The minimum absolute atomic E-state index is 0.00161. The number of carbonyl (C=O) groups is 3. The van der Waals surface area contributed by atoms with E-state index < -0.39 is 0 Å². The highest BCUT2D eigenvalue weighted by molar-refractivity contribution is 6.22. The Morgan fingerprint density at radius 3 is 2.50 bits per heavy atom. The lowest BCUT2D eigenvalue weighted by Gasteiger charge is -2.29. The number of piperidine rings is 1. The normalized spacial score (nSPS) is 23.8. The maximum Gasteiger partial charge on any atom is 0.261 e. The summed E-state index contributed by atoms with van der Waals surface area (Å²) < 4.78 is 0. The fourth-order valence-electron chi connectivity index (χ4n) is 4.32. The molecule has 1 aliphatic carbocycles. The van der Waals surface area contributed by atoms with Crippen molar-refractivity contribution < 1.29 is 14.4 Å². The van der Waals surface area contributed by atoms with Gasteiger partial charge in [-0.15, -0.1) is 0 Å². The molecule has 4 rings (SSSR count). The predicted molar refractivity (Wildman–Crippen MR) is 97.2 cm³/mol. The van der Waals surface area contributed by atoms with Gasteiger partial charge in [0.25, 0.3) is 17.7 Å². The minimum Gasteiger partial charge on any atom is -0.348 e. The lowest BCUT2D eigenvalue weighted by Crippen LogP contribution is -2.45. The highest BCUT2D eigenvalue weighted by Gasteiger charge is 2.40. The molecular weight excluding hydrogens is 330 g/mol. The van der Waals surface area contributed by atoms with E-state index in [1.807, 2.05) is 0 Å². The summed E-state index contributed by atoms with van der Waals surface area (Å²) in [4.78, 5) is 39.5. The third kappa shape index (κ3) is 3.14. The molecule has 1 saturated heterocycles. The first kappa shape index (κ1) is 17.2. The van der Waals surface area contributed by atoms with Crippen LogP contribution in [0.2, 0.25) is 0 Å². The van der Waals surface area contributed by atoms with Gasteiger partial charge in [-0.05, 0) is 50.4 Å². The topological polar surface area (TPSA) is 78.5 Å². The molecule has 138 valence electrons. The third-order valence-corrected chi connectivity index (χ3v) is 5.75. The number of benzene rings is 1. The van der Waals surface area contributed by atoms with E-state index in [1.165, 1.54) is 11.3 Å². The van der Waals surface area contributed by atoms with Crippen molar-refractivity contribution in [1.29, 1.82) is 0 Å². The van der Waals surface area contributed by atoms with E-state index in [4.69, 9.17) is 0 Å². The molecular formula is C20H25N3O3. The zero-order chi connectivity index (χ0) is 18.1. The van der Waals surface area contributed by atoms with E-state index >= 15 is 0 Å². The molecule has 6 heteroatoms. The highest BCUT2D eigenvalue weighted by Crippen LogP contribution is 2.31. The van der Waals surface area contributed by atoms with E-state index in [0.717, 1.165) is 51.6 Å². The van der Waals surface area contributed by atoms with Crippen molar-refractivity contribution in [2.24, 2.45) is 0 Å². The van der Waals surface area contributed by atoms with Crippen LogP contribution in [0.1, 0.15) is 76.0 Å². The summed E-state index contributed by atoms with van der Waals surface area (Å²) in [5.41, 5.74) is 1.24. The van der Waals surface area contributed by atoms with Gasteiger partial charge >= 0.3 is 0 Å². The summed E-state index contributed by atoms with van der Waals surface area (Å²) in [5, 5.41) is 6.28. The van der Waals surface area contributed by atoms with Crippen LogP contribution in [0.4, 0.5) is 0 Å². The first-order valence-electron chi connectivity index (χ1n) is 9.68. The van der Waals surface area contributed by atoms with Gasteiger partial charge in [-0.1, -0.05) is 19.3 Å². The van der Waals surface area contributed by atoms with E-state index in [0.29, 0.717) is 16.7 Å². The average molecular weight is 355 g/mol. The van der Waals surface area contributed by atoms with Gasteiger partial charge in [0.1, 0.15) is 0 Å². The first-order chi connectivity index (χ1) is 12.6. The van der Waals surface area contributed by atoms with Gasteiger partial charge in [0, 0.05) is 24.2 Å². The van der Waals surface area contributed by atoms with Crippen molar-refractivity contribution in [3.63, 3.8) is 0 Å². The van der Waals surface area contributed by atoms with Gasteiger partial charge in [0.2, 0.25) is 0 Å². The van der Waals surface area contributed by atoms with Gasteiger partial charge in [-0.25, -0.2) is 0 Å². The SMILES string of the molecule is O=C(N[C@H]1CCCNC1)c1ccc2c(c1)C(=O)N(C1CCCCC1)C2=O. The van der Waals surface area contributed by atoms with Crippen LogP contribution in [0, 0.1) is 0 Å². The van der Waals surface area contributed by atoms with Crippen molar-refractivity contribution in [3.8, 4) is 0 Å². The summed E-state index contributed by atoms with van der Waals surface area (Å²) in [6.07, 6.45) is 7.04. The number of fused-ring (bicyclic) bond motifs is 1. The summed E-state index contributed by atoms with van der Waals surface area (Å²) in [6, 6.07) is 4.98. The maximum atomic E-state index is 12.8. The fourth-order valence-corrected chi connectivity index (χ4v) is 4.32. The molecule has 3 aliphatic rings. The molecule has 3 amide bonds. The molecule has 0 bridgehead atoms. The molecule has 1 aromatic rings. The number of rotatable bonds is 3. The largest absolute Gasteiger partial charge is 0.348 e. The number of hydrogen-bond donors (Lipinski definition) is 2. The summed E-state index contributed by atoms with van der Waals surface area (Å²) in [6.45, 7) is 1.75. The quantitative estimate of drug-likeness (QED) is 0.814. The Bertz CT molecular complexity index is 734. The summed E-state index contributed by atoms with van der Waals surface area (Å²) in [7, 11) is 0. The van der Waals surface area contributed by atoms with Crippen molar-refractivity contribution in [3.05, 3.63) is 34.9 Å². The molecule has 2 heterocycles. The smallest absolute Gasteiger partial charge is 0.261 e. The Labute approximate surface area is 153 Å². The molecule has 6 nitrogen and oxygen atoms in total.